The molecule has 3 N–H and O–H groups in total. The van der Waals surface area contributed by atoms with Crippen molar-refractivity contribution in [3.05, 3.63) is 17.8 Å². The molecule has 1 unspecified atom stereocenters. The second kappa shape index (κ2) is 6.08. The van der Waals surface area contributed by atoms with Crippen LogP contribution in [-0.4, -0.2) is 22.7 Å². The highest BCUT2D eigenvalue weighted by atomic mass is 16.5. The van der Waals surface area contributed by atoms with Crippen LogP contribution in [0.25, 0.3) is 0 Å². The maximum atomic E-state index is 10.7. The van der Waals surface area contributed by atoms with E-state index in [4.69, 9.17) is 15.6 Å². The first-order valence-corrected chi connectivity index (χ1v) is 5.67. The zero-order valence-corrected chi connectivity index (χ0v) is 10.1. The average molecular weight is 238 g/mol. The van der Waals surface area contributed by atoms with Gasteiger partial charge in [0.2, 0.25) is 5.88 Å². The van der Waals surface area contributed by atoms with Crippen molar-refractivity contribution < 1.29 is 14.6 Å². The molecule has 0 radical (unpaired) electrons. The number of nitrogen functional groups attached to an aromatic ring is 1. The summed E-state index contributed by atoms with van der Waals surface area (Å²) in [5, 5.41) is 8.80. The quantitative estimate of drug-likeness (QED) is 0.793. The fourth-order valence-electron chi connectivity index (χ4n) is 1.48. The Morgan fingerprint density at radius 1 is 1.59 bits per heavy atom. The molecule has 0 bridgehead atoms. The van der Waals surface area contributed by atoms with Gasteiger partial charge < -0.3 is 15.6 Å². The second-order valence-corrected chi connectivity index (χ2v) is 4.10. The molecule has 17 heavy (non-hydrogen) atoms. The topological polar surface area (TPSA) is 85.4 Å². The highest BCUT2D eigenvalue weighted by Gasteiger charge is 2.10. The third kappa shape index (κ3) is 3.94. The van der Waals surface area contributed by atoms with Gasteiger partial charge in [-0.1, -0.05) is 20.3 Å². The molecular formula is C12H18N2O3. The Kier molecular flexibility index (Phi) is 4.75. The number of nitrogens with two attached hydrogens (primary N) is 1. The fourth-order valence-corrected chi connectivity index (χ4v) is 1.48. The van der Waals surface area contributed by atoms with Gasteiger partial charge in [-0.15, -0.1) is 0 Å². The molecule has 1 heterocycles. The van der Waals surface area contributed by atoms with Crippen LogP contribution in [0.15, 0.2) is 12.1 Å². The molecule has 1 aromatic rings. The number of ether oxygens (including phenoxy) is 1. The lowest BCUT2D eigenvalue weighted by atomic mass is 10.1. The molecule has 0 saturated heterocycles. The standard InChI is InChI=1S/C12H18N2O3/c1-3-4-8(2)7-17-11-9(13)5-6-10(14-11)12(15)16/h5-6,8H,3-4,7,13H2,1-2H3,(H,15,16). The molecule has 0 aromatic carbocycles. The minimum atomic E-state index is -1.09. The number of carboxylic acid groups (broad SMARTS) is 1. The van der Waals surface area contributed by atoms with E-state index in [1.54, 1.807) is 0 Å². The molecule has 1 aromatic heterocycles. The Morgan fingerprint density at radius 3 is 2.88 bits per heavy atom. The van der Waals surface area contributed by atoms with Crippen LogP contribution in [0, 0.1) is 5.92 Å². The number of hydrogen-bond donors (Lipinski definition) is 2. The van der Waals surface area contributed by atoms with Gasteiger partial charge in [0.05, 0.1) is 12.3 Å². The van der Waals surface area contributed by atoms with Crippen LogP contribution in [0.3, 0.4) is 0 Å². The fraction of sp³-hybridized carbons (Fsp3) is 0.500. The van der Waals surface area contributed by atoms with Crippen molar-refractivity contribution in [3.63, 3.8) is 0 Å². The minimum Gasteiger partial charge on any atom is -0.477 e. The molecular weight excluding hydrogens is 220 g/mol. The van der Waals surface area contributed by atoms with E-state index < -0.39 is 5.97 Å². The summed E-state index contributed by atoms with van der Waals surface area (Å²) in [5.41, 5.74) is 5.97. The van der Waals surface area contributed by atoms with Crippen molar-refractivity contribution in [2.75, 3.05) is 12.3 Å². The number of hydrogen-bond acceptors (Lipinski definition) is 4. The molecule has 5 heteroatoms. The highest BCUT2D eigenvalue weighted by molar-refractivity contribution is 5.86. The van der Waals surface area contributed by atoms with E-state index in [-0.39, 0.29) is 11.6 Å². The number of pyridine rings is 1. The maximum absolute atomic E-state index is 10.7. The lowest BCUT2D eigenvalue weighted by Gasteiger charge is -2.12. The lowest BCUT2D eigenvalue weighted by molar-refractivity contribution is 0.0689. The van der Waals surface area contributed by atoms with Gasteiger partial charge in [0.25, 0.3) is 0 Å². The van der Waals surface area contributed by atoms with Crippen molar-refractivity contribution >= 4 is 11.7 Å². The molecule has 0 spiro atoms. The van der Waals surface area contributed by atoms with Gasteiger partial charge in [-0.25, -0.2) is 9.78 Å². The zero-order valence-electron chi connectivity index (χ0n) is 10.1. The second-order valence-electron chi connectivity index (χ2n) is 4.10. The Bertz CT molecular complexity index is 393. The largest absolute Gasteiger partial charge is 0.477 e. The van der Waals surface area contributed by atoms with Crippen molar-refractivity contribution in [2.45, 2.75) is 26.7 Å². The van der Waals surface area contributed by atoms with Crippen LogP contribution in [0.4, 0.5) is 5.69 Å². The number of aromatic nitrogens is 1. The predicted molar refractivity (Wildman–Crippen MR) is 65.2 cm³/mol. The third-order valence-electron chi connectivity index (χ3n) is 2.39. The molecule has 0 aliphatic carbocycles. The Labute approximate surface area is 101 Å². The van der Waals surface area contributed by atoms with E-state index >= 15 is 0 Å². The SMILES string of the molecule is CCCC(C)COc1nc(C(=O)O)ccc1N. The maximum Gasteiger partial charge on any atom is 0.354 e. The number of carbonyl (C=O) groups is 1. The average Bonchev–Trinajstić information content (AvgIpc) is 2.28. The summed E-state index contributed by atoms with van der Waals surface area (Å²) >= 11 is 0. The normalized spacial score (nSPS) is 12.1. The smallest absolute Gasteiger partial charge is 0.354 e. The van der Waals surface area contributed by atoms with E-state index in [0.717, 1.165) is 12.8 Å². The minimum absolute atomic E-state index is 0.0580. The highest BCUT2D eigenvalue weighted by Crippen LogP contribution is 2.19. The summed E-state index contributed by atoms with van der Waals surface area (Å²) in [6.45, 7) is 4.67. The predicted octanol–water partition coefficient (Wildman–Crippen LogP) is 2.18. The van der Waals surface area contributed by atoms with Crippen molar-refractivity contribution in [1.29, 1.82) is 0 Å². The Hall–Kier alpha value is -1.78. The summed E-state index contributed by atoms with van der Waals surface area (Å²) in [4.78, 5) is 14.6. The van der Waals surface area contributed by atoms with Crippen molar-refractivity contribution in [1.82, 2.24) is 4.98 Å². The molecule has 0 fully saturated rings. The summed E-state index contributed by atoms with van der Waals surface area (Å²) in [6.07, 6.45) is 2.14. The Balaban J connectivity index is 2.69. The van der Waals surface area contributed by atoms with Gasteiger partial charge in [-0.3, -0.25) is 0 Å². The summed E-state index contributed by atoms with van der Waals surface area (Å²) in [5.74, 6) is -0.487. The van der Waals surface area contributed by atoms with Gasteiger partial charge in [-0.2, -0.15) is 0 Å². The van der Waals surface area contributed by atoms with Crippen molar-refractivity contribution in [2.24, 2.45) is 5.92 Å². The number of nitrogens with zero attached hydrogens (tertiary/aromatic N) is 1. The van der Waals surface area contributed by atoms with Gasteiger partial charge in [0, 0.05) is 0 Å². The first-order valence-electron chi connectivity index (χ1n) is 5.67. The summed E-state index contributed by atoms with van der Waals surface area (Å²) in [7, 11) is 0. The number of carboxylic acids is 1. The van der Waals surface area contributed by atoms with Gasteiger partial charge >= 0.3 is 5.97 Å². The van der Waals surface area contributed by atoms with Crippen LogP contribution in [0.2, 0.25) is 0 Å². The lowest BCUT2D eigenvalue weighted by Crippen LogP contribution is -2.11. The number of anilines is 1. The molecule has 0 aliphatic rings. The first-order chi connectivity index (χ1) is 8.04. The molecule has 5 nitrogen and oxygen atoms in total. The van der Waals surface area contributed by atoms with E-state index in [1.165, 1.54) is 12.1 Å². The Morgan fingerprint density at radius 2 is 2.29 bits per heavy atom. The van der Waals surface area contributed by atoms with Crippen LogP contribution in [0.1, 0.15) is 37.2 Å². The number of rotatable bonds is 6. The van der Waals surface area contributed by atoms with Gasteiger partial charge in [0.15, 0.2) is 5.69 Å². The monoisotopic (exact) mass is 238 g/mol. The van der Waals surface area contributed by atoms with Crippen molar-refractivity contribution in [3.8, 4) is 5.88 Å². The van der Waals surface area contributed by atoms with E-state index in [1.807, 2.05) is 0 Å². The van der Waals surface area contributed by atoms with Crippen LogP contribution < -0.4 is 10.5 Å². The molecule has 1 atom stereocenters. The summed E-state index contributed by atoms with van der Waals surface area (Å²) in [6, 6.07) is 2.86. The molecule has 1 rings (SSSR count). The molecule has 0 amide bonds. The van der Waals surface area contributed by atoms with Crippen LogP contribution in [-0.2, 0) is 0 Å². The molecule has 94 valence electrons. The van der Waals surface area contributed by atoms with E-state index in [9.17, 15) is 4.79 Å². The van der Waals surface area contributed by atoms with Crippen LogP contribution >= 0.6 is 0 Å². The first kappa shape index (κ1) is 13.3. The zero-order chi connectivity index (χ0) is 12.8. The van der Waals surface area contributed by atoms with Gasteiger partial charge in [0.1, 0.15) is 0 Å². The summed E-state index contributed by atoms with van der Waals surface area (Å²) < 4.78 is 5.44. The molecule has 0 saturated carbocycles. The van der Waals surface area contributed by atoms with E-state index in [0.29, 0.717) is 18.2 Å². The number of aromatic carboxylic acids is 1. The van der Waals surface area contributed by atoms with E-state index in [2.05, 4.69) is 18.8 Å². The third-order valence-corrected chi connectivity index (χ3v) is 2.39. The molecule has 0 aliphatic heterocycles. The van der Waals surface area contributed by atoms with Crippen LogP contribution in [0.5, 0.6) is 5.88 Å². The van der Waals surface area contributed by atoms with Gasteiger partial charge in [-0.05, 0) is 24.5 Å².